The Labute approximate surface area is 143 Å². The highest BCUT2D eigenvalue weighted by Gasteiger charge is 2.16. The largest absolute Gasteiger partial charge is 0.388 e. The van der Waals surface area contributed by atoms with E-state index < -0.39 is 6.10 Å². The Bertz CT molecular complexity index is 487. The Balaban J connectivity index is 1.64. The fourth-order valence-corrected chi connectivity index (χ4v) is 2.86. The Morgan fingerprint density at radius 3 is 2.43 bits per heavy atom. The van der Waals surface area contributed by atoms with Gasteiger partial charge in [-0.15, -0.1) is 0 Å². The van der Waals surface area contributed by atoms with Crippen molar-refractivity contribution in [1.29, 1.82) is 0 Å². The summed E-state index contributed by atoms with van der Waals surface area (Å²) in [5, 5.41) is 13.6. The molecule has 0 saturated carbocycles. The first-order valence-electron chi connectivity index (χ1n) is 8.23. The molecule has 1 fully saturated rings. The average molecular weight is 340 g/mol. The Morgan fingerprint density at radius 1 is 1.22 bits per heavy atom. The summed E-state index contributed by atoms with van der Waals surface area (Å²) in [7, 11) is 0. The minimum atomic E-state index is -0.791. The van der Waals surface area contributed by atoms with Gasteiger partial charge in [-0.2, -0.15) is 0 Å². The first kappa shape index (κ1) is 18.2. The van der Waals surface area contributed by atoms with E-state index >= 15 is 0 Å². The molecule has 0 spiro atoms. The van der Waals surface area contributed by atoms with Gasteiger partial charge in [-0.1, -0.05) is 30.7 Å². The van der Waals surface area contributed by atoms with Crippen molar-refractivity contribution in [3.05, 3.63) is 34.9 Å². The first-order chi connectivity index (χ1) is 11.1. The van der Waals surface area contributed by atoms with Crippen molar-refractivity contribution in [2.45, 2.75) is 19.4 Å². The number of nitrogens with one attached hydrogen (secondary N) is 1. The molecule has 23 heavy (non-hydrogen) atoms. The number of amides is 1. The van der Waals surface area contributed by atoms with Gasteiger partial charge in [-0.25, -0.2) is 0 Å². The molecule has 1 aliphatic rings. The summed E-state index contributed by atoms with van der Waals surface area (Å²) in [4.78, 5) is 16.7. The van der Waals surface area contributed by atoms with Crippen molar-refractivity contribution < 1.29 is 9.90 Å². The lowest BCUT2D eigenvalue weighted by Gasteiger charge is -2.33. The molecule has 6 heteroatoms. The molecule has 1 atom stereocenters. The smallest absolute Gasteiger partial charge is 0.223 e. The van der Waals surface area contributed by atoms with Gasteiger partial charge in [-0.3, -0.25) is 9.69 Å². The zero-order valence-corrected chi connectivity index (χ0v) is 14.4. The summed E-state index contributed by atoms with van der Waals surface area (Å²) in [6.45, 7) is 9.07. The topological polar surface area (TPSA) is 55.8 Å². The summed E-state index contributed by atoms with van der Waals surface area (Å²) in [6, 6.07) is 6.92. The number of rotatable bonds is 7. The maximum absolute atomic E-state index is 11.9. The first-order valence-corrected chi connectivity index (χ1v) is 8.61. The van der Waals surface area contributed by atoms with E-state index in [2.05, 4.69) is 22.0 Å². The molecule has 1 aromatic carbocycles. The molecule has 1 saturated heterocycles. The van der Waals surface area contributed by atoms with Gasteiger partial charge in [0.15, 0.2) is 0 Å². The SMILES string of the molecule is CCN1CCN(CCNC(=O)CC(O)c2ccc(Cl)cc2)CC1. The van der Waals surface area contributed by atoms with Crippen LogP contribution in [0.4, 0.5) is 0 Å². The van der Waals surface area contributed by atoms with Crippen molar-refractivity contribution >= 4 is 17.5 Å². The molecule has 1 unspecified atom stereocenters. The zero-order valence-electron chi connectivity index (χ0n) is 13.7. The Kier molecular flexibility index (Phi) is 7.30. The monoisotopic (exact) mass is 339 g/mol. The van der Waals surface area contributed by atoms with E-state index in [9.17, 15) is 9.90 Å². The van der Waals surface area contributed by atoms with Gasteiger partial charge in [0.1, 0.15) is 0 Å². The number of carbonyl (C=O) groups excluding carboxylic acids is 1. The number of aliphatic hydroxyl groups is 1. The van der Waals surface area contributed by atoms with Gasteiger partial charge in [0.25, 0.3) is 0 Å². The number of likely N-dealkylation sites (N-methyl/N-ethyl adjacent to an activating group) is 1. The standard InChI is InChI=1S/C17H26ClN3O2/c1-2-20-9-11-21(12-10-20)8-7-19-17(23)13-16(22)14-3-5-15(18)6-4-14/h3-6,16,22H,2,7-13H2,1H3,(H,19,23). The van der Waals surface area contributed by atoms with Crippen LogP contribution in [-0.2, 0) is 4.79 Å². The molecule has 1 aliphatic heterocycles. The normalized spacial score (nSPS) is 17.9. The highest BCUT2D eigenvalue weighted by molar-refractivity contribution is 6.30. The van der Waals surface area contributed by atoms with Crippen molar-refractivity contribution in [2.75, 3.05) is 45.8 Å². The van der Waals surface area contributed by atoms with Crippen LogP contribution in [0.15, 0.2) is 24.3 Å². The number of hydrogen-bond acceptors (Lipinski definition) is 4. The van der Waals surface area contributed by atoms with Gasteiger partial charge >= 0.3 is 0 Å². The number of benzene rings is 1. The molecule has 1 heterocycles. The van der Waals surface area contributed by atoms with Crippen LogP contribution < -0.4 is 5.32 Å². The number of nitrogens with zero attached hydrogens (tertiary/aromatic N) is 2. The number of aliphatic hydroxyl groups excluding tert-OH is 1. The van der Waals surface area contributed by atoms with Gasteiger partial charge < -0.3 is 15.3 Å². The summed E-state index contributed by atoms with van der Waals surface area (Å²) in [5.41, 5.74) is 0.709. The third-order valence-electron chi connectivity index (χ3n) is 4.30. The summed E-state index contributed by atoms with van der Waals surface area (Å²) < 4.78 is 0. The molecular formula is C17H26ClN3O2. The Hall–Kier alpha value is -1.14. The lowest BCUT2D eigenvalue weighted by Crippen LogP contribution is -2.48. The Morgan fingerprint density at radius 2 is 1.83 bits per heavy atom. The van der Waals surface area contributed by atoms with Crippen LogP contribution in [0.5, 0.6) is 0 Å². The predicted molar refractivity (Wildman–Crippen MR) is 92.6 cm³/mol. The molecule has 2 rings (SSSR count). The maximum Gasteiger partial charge on any atom is 0.223 e. The van der Waals surface area contributed by atoms with E-state index in [0.717, 1.165) is 39.3 Å². The van der Waals surface area contributed by atoms with Crippen LogP contribution in [0, 0.1) is 0 Å². The van der Waals surface area contributed by atoms with Crippen LogP contribution in [0.1, 0.15) is 25.0 Å². The number of piperazine rings is 1. The molecular weight excluding hydrogens is 314 g/mol. The molecule has 2 N–H and O–H groups in total. The van der Waals surface area contributed by atoms with Gasteiger partial charge in [0, 0.05) is 44.3 Å². The molecule has 128 valence electrons. The van der Waals surface area contributed by atoms with Gasteiger partial charge in [0.2, 0.25) is 5.91 Å². The van der Waals surface area contributed by atoms with E-state index in [1.807, 2.05) is 0 Å². The maximum atomic E-state index is 11.9. The van der Waals surface area contributed by atoms with Gasteiger partial charge in [-0.05, 0) is 24.2 Å². The summed E-state index contributed by atoms with van der Waals surface area (Å²) in [5.74, 6) is -0.125. The molecule has 0 radical (unpaired) electrons. The number of halogens is 1. The zero-order chi connectivity index (χ0) is 16.7. The quantitative estimate of drug-likeness (QED) is 0.791. The van der Waals surface area contributed by atoms with E-state index in [4.69, 9.17) is 11.6 Å². The van der Waals surface area contributed by atoms with Gasteiger partial charge in [0.05, 0.1) is 12.5 Å². The third-order valence-corrected chi connectivity index (χ3v) is 4.55. The number of hydrogen-bond donors (Lipinski definition) is 2. The second-order valence-electron chi connectivity index (χ2n) is 5.90. The third kappa shape index (κ3) is 6.11. The lowest BCUT2D eigenvalue weighted by molar-refractivity contribution is -0.123. The van der Waals surface area contributed by atoms with E-state index in [1.165, 1.54) is 0 Å². The summed E-state index contributed by atoms with van der Waals surface area (Å²) >= 11 is 5.81. The fourth-order valence-electron chi connectivity index (χ4n) is 2.73. The minimum Gasteiger partial charge on any atom is -0.388 e. The summed E-state index contributed by atoms with van der Waals surface area (Å²) in [6.07, 6.45) is -0.717. The van der Waals surface area contributed by atoms with Crippen LogP contribution in [0.25, 0.3) is 0 Å². The van der Waals surface area contributed by atoms with E-state index in [-0.39, 0.29) is 12.3 Å². The van der Waals surface area contributed by atoms with Crippen LogP contribution in [0.2, 0.25) is 5.02 Å². The highest BCUT2D eigenvalue weighted by Crippen LogP contribution is 2.18. The fraction of sp³-hybridized carbons (Fsp3) is 0.588. The second kappa shape index (κ2) is 9.23. The number of carbonyl (C=O) groups is 1. The minimum absolute atomic E-state index is 0.0746. The molecule has 5 nitrogen and oxygen atoms in total. The molecule has 0 aromatic heterocycles. The van der Waals surface area contributed by atoms with Crippen molar-refractivity contribution in [3.63, 3.8) is 0 Å². The van der Waals surface area contributed by atoms with Crippen molar-refractivity contribution in [1.82, 2.24) is 15.1 Å². The average Bonchev–Trinajstić information content (AvgIpc) is 2.56. The highest BCUT2D eigenvalue weighted by atomic mass is 35.5. The molecule has 1 amide bonds. The van der Waals surface area contributed by atoms with Crippen molar-refractivity contribution in [3.8, 4) is 0 Å². The van der Waals surface area contributed by atoms with Crippen LogP contribution >= 0.6 is 11.6 Å². The van der Waals surface area contributed by atoms with E-state index in [0.29, 0.717) is 17.1 Å². The van der Waals surface area contributed by atoms with Crippen LogP contribution in [0.3, 0.4) is 0 Å². The predicted octanol–water partition coefficient (Wildman–Crippen LogP) is 1.52. The molecule has 1 aromatic rings. The van der Waals surface area contributed by atoms with Crippen molar-refractivity contribution in [2.24, 2.45) is 0 Å². The van der Waals surface area contributed by atoms with E-state index in [1.54, 1.807) is 24.3 Å². The molecule has 0 aliphatic carbocycles. The lowest BCUT2D eigenvalue weighted by atomic mass is 10.1. The second-order valence-corrected chi connectivity index (χ2v) is 6.33. The molecule has 0 bridgehead atoms. The van der Waals surface area contributed by atoms with Crippen LogP contribution in [-0.4, -0.2) is 66.6 Å².